The van der Waals surface area contributed by atoms with Gasteiger partial charge in [-0.3, -0.25) is 4.79 Å². The van der Waals surface area contributed by atoms with Crippen LogP contribution in [0.2, 0.25) is 0 Å². The van der Waals surface area contributed by atoms with Crippen molar-refractivity contribution in [2.75, 3.05) is 15.5 Å². The van der Waals surface area contributed by atoms with Crippen LogP contribution in [-0.4, -0.2) is 11.9 Å². The number of carbonyl (C=O) groups is 2. The summed E-state index contributed by atoms with van der Waals surface area (Å²) in [5.74, 6) is -0.632. The number of urea groups is 1. The van der Waals surface area contributed by atoms with Crippen molar-refractivity contribution in [2.24, 2.45) is 0 Å². The van der Waals surface area contributed by atoms with E-state index in [-0.39, 0.29) is 11.6 Å². The van der Waals surface area contributed by atoms with E-state index < -0.39 is 11.8 Å². The number of benzene rings is 4. The highest BCUT2D eigenvalue weighted by molar-refractivity contribution is 7.99. The van der Waals surface area contributed by atoms with E-state index in [9.17, 15) is 14.0 Å². The number of hydrogen-bond acceptors (Lipinski definition) is 3. The van der Waals surface area contributed by atoms with Crippen molar-refractivity contribution in [1.29, 1.82) is 0 Å². The maximum absolute atomic E-state index is 13.9. The molecule has 1 aliphatic heterocycles. The van der Waals surface area contributed by atoms with Crippen molar-refractivity contribution in [3.05, 3.63) is 114 Å². The van der Waals surface area contributed by atoms with Gasteiger partial charge in [-0.25, -0.2) is 9.18 Å². The molecule has 0 bridgehead atoms. The van der Waals surface area contributed by atoms with Crippen molar-refractivity contribution in [1.82, 2.24) is 0 Å². The third-order valence-corrected chi connectivity index (χ3v) is 6.54. The first kappa shape index (κ1) is 21.7. The molecule has 1 aliphatic rings. The van der Waals surface area contributed by atoms with Crippen molar-refractivity contribution in [2.45, 2.75) is 16.3 Å². The van der Waals surface area contributed by atoms with Crippen LogP contribution in [0.1, 0.15) is 15.9 Å². The van der Waals surface area contributed by atoms with Gasteiger partial charge in [0.1, 0.15) is 5.82 Å². The van der Waals surface area contributed by atoms with Gasteiger partial charge in [0.2, 0.25) is 0 Å². The van der Waals surface area contributed by atoms with Gasteiger partial charge < -0.3 is 15.5 Å². The van der Waals surface area contributed by atoms with Crippen LogP contribution >= 0.6 is 11.8 Å². The Morgan fingerprint density at radius 2 is 1.56 bits per heavy atom. The zero-order valence-electron chi connectivity index (χ0n) is 18.0. The topological polar surface area (TPSA) is 61.4 Å². The Bertz CT molecular complexity index is 1380. The van der Waals surface area contributed by atoms with Crippen molar-refractivity contribution in [3.8, 4) is 0 Å². The zero-order chi connectivity index (χ0) is 23.5. The van der Waals surface area contributed by atoms with E-state index >= 15 is 0 Å². The summed E-state index contributed by atoms with van der Waals surface area (Å²) in [6, 6.07) is 28.1. The molecule has 3 amide bonds. The molecule has 0 aromatic heterocycles. The first-order valence-corrected chi connectivity index (χ1v) is 11.5. The highest BCUT2D eigenvalue weighted by Crippen LogP contribution is 2.43. The minimum atomic E-state index is -0.574. The molecule has 168 valence electrons. The van der Waals surface area contributed by atoms with Gasteiger partial charge in [0.15, 0.2) is 0 Å². The van der Waals surface area contributed by atoms with Gasteiger partial charge in [0.05, 0.1) is 23.5 Å². The minimum absolute atomic E-state index is 0.0849. The Morgan fingerprint density at radius 1 is 0.824 bits per heavy atom. The van der Waals surface area contributed by atoms with E-state index in [0.717, 1.165) is 15.4 Å². The number of hydrogen-bond donors (Lipinski definition) is 2. The van der Waals surface area contributed by atoms with Crippen LogP contribution in [0.25, 0.3) is 0 Å². The summed E-state index contributed by atoms with van der Waals surface area (Å²) in [4.78, 5) is 29.6. The summed E-state index contributed by atoms with van der Waals surface area (Å²) in [5.41, 5.74) is 2.89. The molecule has 5 nitrogen and oxygen atoms in total. The predicted molar refractivity (Wildman–Crippen MR) is 133 cm³/mol. The van der Waals surface area contributed by atoms with Crippen LogP contribution in [0, 0.1) is 5.82 Å². The number of para-hydroxylation sites is 1. The number of nitrogens with one attached hydrogen (secondary N) is 2. The molecule has 0 spiro atoms. The molecular weight excluding hydrogens is 449 g/mol. The fourth-order valence-electron chi connectivity index (χ4n) is 3.77. The Hall–Kier alpha value is -4.10. The fraction of sp³-hybridized carbons (Fsp3) is 0.0370. The van der Waals surface area contributed by atoms with E-state index in [1.54, 1.807) is 29.2 Å². The lowest BCUT2D eigenvalue weighted by Crippen LogP contribution is -2.30. The lowest BCUT2D eigenvalue weighted by Gasteiger charge is -2.24. The van der Waals surface area contributed by atoms with Crippen LogP contribution in [0.15, 0.2) is 107 Å². The Balaban J connectivity index is 1.48. The Kier molecular flexibility index (Phi) is 6.01. The minimum Gasteiger partial charge on any atom is -0.308 e. The third-order valence-electron chi connectivity index (χ3n) is 5.40. The smallest absolute Gasteiger partial charge is 0.308 e. The second-order valence-corrected chi connectivity index (χ2v) is 8.80. The van der Waals surface area contributed by atoms with Crippen molar-refractivity contribution >= 4 is 40.8 Å². The summed E-state index contributed by atoms with van der Waals surface area (Å²) < 4.78 is 13.9. The molecule has 0 radical (unpaired) electrons. The lowest BCUT2D eigenvalue weighted by atomic mass is 10.1. The van der Waals surface area contributed by atoms with E-state index in [2.05, 4.69) is 10.6 Å². The predicted octanol–water partition coefficient (Wildman–Crippen LogP) is 6.78. The molecule has 4 aromatic rings. The van der Waals surface area contributed by atoms with Crippen molar-refractivity contribution < 1.29 is 14.0 Å². The quantitative estimate of drug-likeness (QED) is 0.346. The summed E-state index contributed by atoms with van der Waals surface area (Å²) in [5, 5.41) is 5.26. The van der Waals surface area contributed by atoms with Gasteiger partial charge in [-0.15, -0.1) is 0 Å². The number of nitrogens with zero attached hydrogens (tertiary/aromatic N) is 1. The largest absolute Gasteiger partial charge is 0.323 e. The highest BCUT2D eigenvalue weighted by atomic mass is 32.2. The average molecular weight is 470 g/mol. The van der Waals surface area contributed by atoms with E-state index in [1.165, 1.54) is 23.9 Å². The van der Waals surface area contributed by atoms with Gasteiger partial charge in [-0.05, 0) is 48.0 Å². The number of amides is 3. The Morgan fingerprint density at radius 3 is 2.38 bits per heavy atom. The molecule has 34 heavy (non-hydrogen) atoms. The zero-order valence-corrected chi connectivity index (χ0v) is 18.8. The van der Waals surface area contributed by atoms with Gasteiger partial charge in [-0.2, -0.15) is 0 Å². The summed E-state index contributed by atoms with van der Waals surface area (Å²) in [6.45, 7) is 0.381. The lowest BCUT2D eigenvalue weighted by molar-refractivity contribution is 0.0982. The summed E-state index contributed by atoms with van der Waals surface area (Å²) in [7, 11) is 0. The Labute approximate surface area is 200 Å². The molecule has 0 unspecified atom stereocenters. The van der Waals surface area contributed by atoms with E-state index in [4.69, 9.17) is 0 Å². The van der Waals surface area contributed by atoms with Crippen LogP contribution in [0.3, 0.4) is 0 Å². The first-order valence-electron chi connectivity index (χ1n) is 10.7. The molecule has 0 atom stereocenters. The van der Waals surface area contributed by atoms with Crippen molar-refractivity contribution in [3.63, 3.8) is 0 Å². The first-order chi connectivity index (χ1) is 16.6. The molecule has 2 N–H and O–H groups in total. The molecular formula is C27H20FN3O2S. The van der Waals surface area contributed by atoms with Gasteiger partial charge in [-0.1, -0.05) is 66.4 Å². The van der Waals surface area contributed by atoms with E-state index in [0.29, 0.717) is 23.5 Å². The molecule has 4 aromatic carbocycles. The normalized spacial score (nSPS) is 12.4. The van der Waals surface area contributed by atoms with Crippen LogP contribution in [-0.2, 0) is 6.54 Å². The SMILES string of the molecule is O=C(Nc1ccc2c(c1)N(Cc1ccccc1)C(=O)c1ccccc1S2)Nc1ccccc1F. The monoisotopic (exact) mass is 469 g/mol. The third kappa shape index (κ3) is 4.51. The number of anilines is 3. The molecule has 7 heteroatoms. The number of rotatable bonds is 4. The molecule has 0 fully saturated rings. The maximum Gasteiger partial charge on any atom is 0.323 e. The van der Waals surface area contributed by atoms with Crippen LogP contribution in [0.4, 0.5) is 26.2 Å². The number of carbonyl (C=O) groups excluding carboxylic acids is 2. The second-order valence-electron chi connectivity index (χ2n) is 7.72. The van der Waals surface area contributed by atoms with Crippen LogP contribution < -0.4 is 15.5 Å². The highest BCUT2D eigenvalue weighted by Gasteiger charge is 2.27. The second kappa shape index (κ2) is 9.41. The molecule has 5 rings (SSSR count). The standard InChI is InChI=1S/C27H20FN3O2S/c28-21-11-5-6-12-22(21)30-27(33)29-19-14-15-25-23(16-19)31(17-18-8-2-1-3-9-18)26(32)20-10-4-7-13-24(20)34-25/h1-16H,17H2,(H2,29,30,33). The maximum atomic E-state index is 13.9. The van der Waals surface area contributed by atoms with Gasteiger partial charge in [0.25, 0.3) is 5.91 Å². The summed E-state index contributed by atoms with van der Waals surface area (Å²) >= 11 is 1.51. The fourth-order valence-corrected chi connectivity index (χ4v) is 4.83. The van der Waals surface area contributed by atoms with Crippen LogP contribution in [0.5, 0.6) is 0 Å². The van der Waals surface area contributed by atoms with Gasteiger partial charge in [0, 0.05) is 15.5 Å². The molecule has 0 aliphatic carbocycles. The summed E-state index contributed by atoms with van der Waals surface area (Å²) in [6.07, 6.45) is 0. The average Bonchev–Trinajstić information content (AvgIpc) is 2.96. The molecule has 1 heterocycles. The van der Waals surface area contributed by atoms with E-state index in [1.807, 2.05) is 60.7 Å². The number of fused-ring (bicyclic) bond motifs is 2. The number of halogens is 1. The molecule has 0 saturated carbocycles. The molecule has 0 saturated heterocycles. The van der Waals surface area contributed by atoms with Gasteiger partial charge >= 0.3 is 6.03 Å².